The normalized spacial score (nSPS) is 25.7. The van der Waals surface area contributed by atoms with E-state index in [0.29, 0.717) is 19.6 Å². The second-order valence-corrected chi connectivity index (χ2v) is 3.27. The standard InChI is InChI=1S/C9H16O3/c1-2-3-8(10)9(11)7-4-5-12-6-7/h7-8,10H,2-6H2,1H3. The zero-order valence-electron chi connectivity index (χ0n) is 7.45. The van der Waals surface area contributed by atoms with Gasteiger partial charge in [-0.2, -0.15) is 0 Å². The fourth-order valence-electron chi connectivity index (χ4n) is 1.45. The van der Waals surface area contributed by atoms with E-state index in [0.717, 1.165) is 12.8 Å². The maximum Gasteiger partial charge on any atom is 0.166 e. The molecule has 1 rings (SSSR count). The third-order valence-corrected chi connectivity index (χ3v) is 2.22. The summed E-state index contributed by atoms with van der Waals surface area (Å²) < 4.78 is 5.07. The lowest BCUT2D eigenvalue weighted by atomic mass is 9.97. The number of ketones is 1. The summed E-state index contributed by atoms with van der Waals surface area (Å²) in [5.74, 6) is -0.0825. The zero-order valence-corrected chi connectivity index (χ0v) is 7.45. The number of hydrogen-bond donors (Lipinski definition) is 1. The lowest BCUT2D eigenvalue weighted by Crippen LogP contribution is -2.28. The molecule has 0 spiro atoms. The van der Waals surface area contributed by atoms with E-state index in [1.54, 1.807) is 0 Å². The minimum Gasteiger partial charge on any atom is -0.385 e. The van der Waals surface area contributed by atoms with Crippen LogP contribution in [0, 0.1) is 5.92 Å². The number of aliphatic hydroxyl groups excluding tert-OH is 1. The van der Waals surface area contributed by atoms with Crippen LogP contribution in [0.4, 0.5) is 0 Å². The number of hydrogen-bond acceptors (Lipinski definition) is 3. The molecule has 1 saturated heterocycles. The van der Waals surface area contributed by atoms with Gasteiger partial charge in [0.15, 0.2) is 5.78 Å². The largest absolute Gasteiger partial charge is 0.385 e. The first kappa shape index (κ1) is 9.68. The highest BCUT2D eigenvalue weighted by molar-refractivity contribution is 5.85. The third kappa shape index (κ3) is 2.29. The highest BCUT2D eigenvalue weighted by Gasteiger charge is 2.27. The van der Waals surface area contributed by atoms with Gasteiger partial charge in [-0.15, -0.1) is 0 Å². The molecule has 3 nitrogen and oxygen atoms in total. The second-order valence-electron chi connectivity index (χ2n) is 3.27. The number of carbonyl (C=O) groups is 1. The number of Topliss-reactive ketones (excluding diaryl/α,β-unsaturated/α-hetero) is 1. The van der Waals surface area contributed by atoms with Crippen LogP contribution in [0.2, 0.25) is 0 Å². The van der Waals surface area contributed by atoms with Crippen molar-refractivity contribution < 1.29 is 14.6 Å². The summed E-state index contributed by atoms with van der Waals surface area (Å²) in [4.78, 5) is 11.4. The summed E-state index contributed by atoms with van der Waals surface area (Å²) in [6.45, 7) is 3.12. The van der Waals surface area contributed by atoms with Crippen LogP contribution in [0.3, 0.4) is 0 Å². The zero-order chi connectivity index (χ0) is 8.97. The first-order chi connectivity index (χ1) is 5.75. The van der Waals surface area contributed by atoms with Gasteiger partial charge in [0.1, 0.15) is 6.10 Å². The molecule has 2 atom stereocenters. The van der Waals surface area contributed by atoms with Crippen LogP contribution in [0.15, 0.2) is 0 Å². The Morgan fingerprint density at radius 2 is 2.50 bits per heavy atom. The van der Waals surface area contributed by atoms with Crippen molar-refractivity contribution in [2.45, 2.75) is 32.3 Å². The molecule has 0 aromatic carbocycles. The van der Waals surface area contributed by atoms with Crippen LogP contribution >= 0.6 is 0 Å². The highest BCUT2D eigenvalue weighted by atomic mass is 16.5. The molecule has 3 heteroatoms. The van der Waals surface area contributed by atoms with Crippen molar-refractivity contribution in [1.29, 1.82) is 0 Å². The Balaban J connectivity index is 2.34. The SMILES string of the molecule is CCCC(O)C(=O)C1CCOC1. The van der Waals surface area contributed by atoms with Gasteiger partial charge in [0.25, 0.3) is 0 Å². The summed E-state index contributed by atoms with van der Waals surface area (Å²) in [6, 6.07) is 0. The molecule has 2 unspecified atom stereocenters. The minimum atomic E-state index is -0.762. The van der Waals surface area contributed by atoms with Gasteiger partial charge in [-0.25, -0.2) is 0 Å². The monoisotopic (exact) mass is 172 g/mol. The van der Waals surface area contributed by atoms with E-state index >= 15 is 0 Å². The summed E-state index contributed by atoms with van der Waals surface area (Å²) in [7, 11) is 0. The third-order valence-electron chi connectivity index (χ3n) is 2.22. The fraction of sp³-hybridized carbons (Fsp3) is 0.889. The molecule has 1 fully saturated rings. The average Bonchev–Trinajstić information content (AvgIpc) is 2.55. The van der Waals surface area contributed by atoms with Gasteiger partial charge >= 0.3 is 0 Å². The van der Waals surface area contributed by atoms with Crippen LogP contribution in [0.25, 0.3) is 0 Å². The number of rotatable bonds is 4. The van der Waals surface area contributed by atoms with E-state index in [2.05, 4.69) is 0 Å². The van der Waals surface area contributed by atoms with Gasteiger partial charge in [-0.3, -0.25) is 4.79 Å². The Morgan fingerprint density at radius 3 is 3.00 bits per heavy atom. The van der Waals surface area contributed by atoms with Crippen molar-refractivity contribution in [1.82, 2.24) is 0 Å². The highest BCUT2D eigenvalue weighted by Crippen LogP contribution is 2.16. The number of ether oxygens (including phenoxy) is 1. The van der Waals surface area contributed by atoms with Gasteiger partial charge in [-0.05, 0) is 12.8 Å². The van der Waals surface area contributed by atoms with Crippen LogP contribution in [-0.2, 0) is 9.53 Å². The molecule has 1 heterocycles. The van der Waals surface area contributed by atoms with Gasteiger partial charge in [0, 0.05) is 12.5 Å². The Kier molecular flexibility index (Phi) is 3.69. The van der Waals surface area contributed by atoms with Crippen molar-refractivity contribution >= 4 is 5.78 Å². The topological polar surface area (TPSA) is 46.5 Å². The van der Waals surface area contributed by atoms with Gasteiger partial charge in [-0.1, -0.05) is 13.3 Å². The lowest BCUT2D eigenvalue weighted by Gasteiger charge is -2.11. The molecule has 0 amide bonds. The molecule has 1 aliphatic rings. The van der Waals surface area contributed by atoms with Crippen molar-refractivity contribution in [2.75, 3.05) is 13.2 Å². The summed E-state index contributed by atoms with van der Waals surface area (Å²) in [5.41, 5.74) is 0. The molecule has 0 aromatic rings. The first-order valence-corrected chi connectivity index (χ1v) is 4.55. The van der Waals surface area contributed by atoms with Gasteiger partial charge in [0.05, 0.1) is 6.61 Å². The van der Waals surface area contributed by atoms with Crippen LogP contribution in [-0.4, -0.2) is 30.2 Å². The molecule has 0 saturated carbocycles. The minimum absolute atomic E-state index is 0.0330. The van der Waals surface area contributed by atoms with Gasteiger partial charge < -0.3 is 9.84 Å². The first-order valence-electron chi connectivity index (χ1n) is 4.55. The summed E-state index contributed by atoms with van der Waals surface area (Å²) in [5, 5.41) is 9.37. The van der Waals surface area contributed by atoms with E-state index < -0.39 is 6.10 Å². The molecule has 0 aromatic heterocycles. The smallest absolute Gasteiger partial charge is 0.166 e. The summed E-state index contributed by atoms with van der Waals surface area (Å²) in [6.07, 6.45) is 1.44. The van der Waals surface area contributed by atoms with Crippen LogP contribution in [0.1, 0.15) is 26.2 Å². The van der Waals surface area contributed by atoms with E-state index in [9.17, 15) is 9.90 Å². The van der Waals surface area contributed by atoms with E-state index in [1.807, 2.05) is 6.92 Å². The lowest BCUT2D eigenvalue weighted by molar-refractivity contribution is -0.131. The fourth-order valence-corrected chi connectivity index (χ4v) is 1.45. The molecule has 12 heavy (non-hydrogen) atoms. The molecule has 1 aliphatic heterocycles. The van der Waals surface area contributed by atoms with Gasteiger partial charge in [0.2, 0.25) is 0 Å². The van der Waals surface area contributed by atoms with Crippen LogP contribution in [0.5, 0.6) is 0 Å². The van der Waals surface area contributed by atoms with Crippen molar-refractivity contribution in [3.63, 3.8) is 0 Å². The van der Waals surface area contributed by atoms with E-state index in [1.165, 1.54) is 0 Å². The molecule has 0 radical (unpaired) electrons. The molecule has 1 N–H and O–H groups in total. The van der Waals surface area contributed by atoms with Crippen molar-refractivity contribution in [3.8, 4) is 0 Å². The van der Waals surface area contributed by atoms with Crippen LogP contribution < -0.4 is 0 Å². The predicted molar refractivity (Wildman–Crippen MR) is 44.8 cm³/mol. The molecule has 70 valence electrons. The second kappa shape index (κ2) is 4.58. The van der Waals surface area contributed by atoms with E-state index in [4.69, 9.17) is 4.74 Å². The Morgan fingerprint density at radius 1 is 1.75 bits per heavy atom. The number of carbonyl (C=O) groups excluding carboxylic acids is 1. The van der Waals surface area contributed by atoms with Crippen molar-refractivity contribution in [2.24, 2.45) is 5.92 Å². The molecular formula is C9H16O3. The Hall–Kier alpha value is -0.410. The quantitative estimate of drug-likeness (QED) is 0.680. The van der Waals surface area contributed by atoms with Crippen molar-refractivity contribution in [3.05, 3.63) is 0 Å². The Bertz CT molecular complexity index is 150. The molecule has 0 aliphatic carbocycles. The molecule has 0 bridgehead atoms. The maximum atomic E-state index is 11.4. The average molecular weight is 172 g/mol. The molecular weight excluding hydrogens is 156 g/mol. The summed E-state index contributed by atoms with van der Waals surface area (Å²) >= 11 is 0. The van der Waals surface area contributed by atoms with E-state index in [-0.39, 0.29) is 11.7 Å². The number of aliphatic hydroxyl groups is 1. The predicted octanol–water partition coefficient (Wildman–Crippen LogP) is 0.753. The maximum absolute atomic E-state index is 11.4. The Labute approximate surface area is 72.7 Å².